The summed E-state index contributed by atoms with van der Waals surface area (Å²) in [5, 5.41) is 14.0. The zero-order valence-corrected chi connectivity index (χ0v) is 14.8. The van der Waals surface area contributed by atoms with Crippen LogP contribution in [0.1, 0.15) is 26.7 Å². The average Bonchev–Trinajstić information content (AvgIpc) is 2.42. The first-order chi connectivity index (χ1) is 9.33. The van der Waals surface area contributed by atoms with Crippen molar-refractivity contribution in [2.24, 2.45) is 0 Å². The van der Waals surface area contributed by atoms with E-state index in [2.05, 4.69) is 9.47 Å². The van der Waals surface area contributed by atoms with Gasteiger partial charge in [0.15, 0.2) is 0 Å². The molecule has 0 aliphatic rings. The Morgan fingerprint density at radius 3 is 0.952 bits per heavy atom. The Hall–Kier alpha value is -1.09. The number of hydrogen-bond donors (Lipinski definition) is 2. The number of esters is 2. The number of Topliss-reactive ketones (excluding diaryl/α,β-unsaturated/α-hetero) is 2. The summed E-state index contributed by atoms with van der Waals surface area (Å²) in [6, 6.07) is 0. The van der Waals surface area contributed by atoms with Gasteiger partial charge in [0, 0.05) is 35.9 Å². The first-order valence-electron chi connectivity index (χ1n) is 5.35. The molecule has 0 atom stereocenters. The maximum atomic E-state index is 10.2. The summed E-state index contributed by atoms with van der Waals surface area (Å²) in [6.07, 6.45) is -0.229. The van der Waals surface area contributed by atoms with Crippen molar-refractivity contribution >= 4 is 23.5 Å². The van der Waals surface area contributed by atoms with Gasteiger partial charge in [-0.1, -0.05) is 0 Å². The summed E-state index contributed by atoms with van der Waals surface area (Å²) < 4.78 is 8.40. The minimum absolute atomic E-state index is 0. The Kier molecular flexibility index (Phi) is 41.6. The van der Waals surface area contributed by atoms with Crippen LogP contribution in [0.5, 0.6) is 0 Å². The van der Waals surface area contributed by atoms with Crippen molar-refractivity contribution in [3.05, 3.63) is 0 Å². The average molecular weight is 344 g/mol. The van der Waals surface area contributed by atoms with E-state index in [9.17, 15) is 19.2 Å². The van der Waals surface area contributed by atoms with Gasteiger partial charge in [-0.05, 0) is 13.8 Å². The van der Waals surface area contributed by atoms with Crippen molar-refractivity contribution in [2.75, 3.05) is 28.4 Å². The largest absolute Gasteiger partial charge is 0.469 e. The number of ether oxygens (including phenoxy) is 2. The van der Waals surface area contributed by atoms with E-state index in [-0.39, 0.29) is 46.1 Å². The minimum Gasteiger partial charge on any atom is -0.469 e. The Balaban J connectivity index is -0.0000000630. The fraction of sp³-hybridized carbons (Fsp3) is 0.667. The number of aliphatic hydroxyl groups is 2. The number of ketones is 2. The Morgan fingerprint density at radius 1 is 0.714 bits per heavy atom. The number of rotatable bonds is 4. The summed E-state index contributed by atoms with van der Waals surface area (Å²) >= 11 is 0. The third-order valence-electron chi connectivity index (χ3n) is 1.24. The van der Waals surface area contributed by atoms with Crippen LogP contribution >= 0.6 is 0 Å². The standard InChI is InChI=1S/2C5H8O3.2CH4O.Ti/c2*1-4(6)3-5(7)8-2;2*1-2;/h2*3H2,1-2H3;2*2H,1H3;. The van der Waals surface area contributed by atoms with E-state index in [0.29, 0.717) is 0 Å². The first-order valence-corrected chi connectivity index (χ1v) is 5.35. The van der Waals surface area contributed by atoms with Crippen LogP contribution < -0.4 is 0 Å². The fourth-order valence-electron chi connectivity index (χ4n) is 0.551. The van der Waals surface area contributed by atoms with E-state index in [4.69, 9.17) is 10.2 Å². The molecule has 124 valence electrons. The smallest absolute Gasteiger partial charge is 0.313 e. The molecular weight excluding hydrogens is 320 g/mol. The molecule has 0 aromatic carbocycles. The molecule has 0 rings (SSSR count). The fourth-order valence-corrected chi connectivity index (χ4v) is 0.551. The maximum absolute atomic E-state index is 10.2. The SMILES string of the molecule is CO.CO.COC(=O)CC(C)=O.COC(=O)CC(C)=O.[Ti]. The van der Waals surface area contributed by atoms with Gasteiger partial charge in [0.1, 0.15) is 24.4 Å². The van der Waals surface area contributed by atoms with Crippen LogP contribution in [0.25, 0.3) is 0 Å². The number of hydrogen-bond acceptors (Lipinski definition) is 8. The zero-order valence-electron chi connectivity index (χ0n) is 13.3. The molecule has 0 amide bonds. The number of carbonyl (C=O) groups excluding carboxylic acids is 4. The third-order valence-corrected chi connectivity index (χ3v) is 1.24. The van der Waals surface area contributed by atoms with E-state index in [0.717, 1.165) is 14.2 Å². The van der Waals surface area contributed by atoms with Crippen LogP contribution in [-0.2, 0) is 50.4 Å². The molecule has 8 nitrogen and oxygen atoms in total. The first kappa shape index (κ1) is 32.0. The van der Waals surface area contributed by atoms with E-state index in [1.165, 1.54) is 28.1 Å². The van der Waals surface area contributed by atoms with Crippen molar-refractivity contribution in [2.45, 2.75) is 26.7 Å². The van der Waals surface area contributed by atoms with Gasteiger partial charge in [-0.25, -0.2) is 0 Å². The molecular formula is C12H24O8Ti. The number of methoxy groups -OCH3 is 2. The van der Waals surface area contributed by atoms with Gasteiger partial charge in [-0.3, -0.25) is 19.2 Å². The molecule has 21 heavy (non-hydrogen) atoms. The molecule has 0 aromatic rings. The van der Waals surface area contributed by atoms with Gasteiger partial charge < -0.3 is 19.7 Å². The second kappa shape index (κ2) is 27.3. The third kappa shape index (κ3) is 45.4. The summed E-state index contributed by atoms with van der Waals surface area (Å²) in [5.74, 6) is -1.29. The maximum Gasteiger partial charge on any atom is 0.313 e. The van der Waals surface area contributed by atoms with Crippen LogP contribution in [0.15, 0.2) is 0 Å². The van der Waals surface area contributed by atoms with Crippen LogP contribution in [0.3, 0.4) is 0 Å². The molecule has 2 N–H and O–H groups in total. The molecule has 0 aliphatic heterocycles. The summed E-state index contributed by atoms with van der Waals surface area (Å²) in [7, 11) is 4.51. The molecule has 0 aliphatic carbocycles. The van der Waals surface area contributed by atoms with Crippen LogP contribution in [0.4, 0.5) is 0 Å². The van der Waals surface area contributed by atoms with Gasteiger partial charge in [0.25, 0.3) is 0 Å². The van der Waals surface area contributed by atoms with Crippen molar-refractivity contribution in [3.63, 3.8) is 0 Å². The zero-order chi connectivity index (χ0) is 17.1. The summed E-state index contributed by atoms with van der Waals surface area (Å²) in [4.78, 5) is 40.6. The number of carbonyl (C=O) groups is 4. The molecule has 0 unspecified atom stereocenters. The van der Waals surface area contributed by atoms with Crippen LogP contribution in [0.2, 0.25) is 0 Å². The van der Waals surface area contributed by atoms with E-state index < -0.39 is 11.9 Å². The monoisotopic (exact) mass is 344 g/mol. The molecule has 0 aromatic heterocycles. The quantitative estimate of drug-likeness (QED) is 0.397. The Labute approximate surface area is 139 Å². The molecule has 0 fully saturated rings. The van der Waals surface area contributed by atoms with Crippen LogP contribution in [0, 0.1) is 0 Å². The van der Waals surface area contributed by atoms with Gasteiger partial charge in [0.05, 0.1) is 14.2 Å². The predicted molar refractivity (Wildman–Crippen MR) is 70.9 cm³/mol. The normalized spacial score (nSPS) is 6.86. The van der Waals surface area contributed by atoms with Gasteiger partial charge >= 0.3 is 11.9 Å². The van der Waals surface area contributed by atoms with Crippen LogP contribution in [-0.4, -0.2) is 62.2 Å². The molecule has 0 saturated carbocycles. The van der Waals surface area contributed by atoms with Crippen molar-refractivity contribution in [1.29, 1.82) is 0 Å². The minimum atomic E-state index is -0.475. The second-order valence-electron chi connectivity index (χ2n) is 2.91. The second-order valence-corrected chi connectivity index (χ2v) is 2.91. The summed E-state index contributed by atoms with van der Waals surface area (Å²) in [6.45, 7) is 2.69. The van der Waals surface area contributed by atoms with Gasteiger partial charge in [-0.15, -0.1) is 0 Å². The molecule has 0 heterocycles. The Morgan fingerprint density at radius 2 is 0.905 bits per heavy atom. The van der Waals surface area contributed by atoms with E-state index in [1.54, 1.807) is 0 Å². The van der Waals surface area contributed by atoms with E-state index >= 15 is 0 Å². The Bertz CT molecular complexity index is 250. The topological polar surface area (TPSA) is 127 Å². The van der Waals surface area contributed by atoms with Crippen molar-refractivity contribution in [1.82, 2.24) is 0 Å². The van der Waals surface area contributed by atoms with Gasteiger partial charge in [0.2, 0.25) is 0 Å². The van der Waals surface area contributed by atoms with Gasteiger partial charge in [-0.2, -0.15) is 0 Å². The molecule has 0 radical (unpaired) electrons. The molecule has 9 heteroatoms. The molecule has 0 bridgehead atoms. The predicted octanol–water partition coefficient (Wildman–Crippen LogP) is -0.508. The summed E-state index contributed by atoms with van der Waals surface area (Å²) in [5.41, 5.74) is 0. The van der Waals surface area contributed by atoms with E-state index in [1.807, 2.05) is 0 Å². The van der Waals surface area contributed by atoms with Crippen molar-refractivity contribution < 1.29 is 60.6 Å². The molecule has 0 spiro atoms. The molecule has 0 saturated heterocycles. The number of aliphatic hydroxyl groups excluding tert-OH is 2. The van der Waals surface area contributed by atoms with Crippen molar-refractivity contribution in [3.8, 4) is 0 Å².